The first-order chi connectivity index (χ1) is 8.50. The van der Waals surface area contributed by atoms with Gasteiger partial charge in [0, 0.05) is 11.1 Å². The van der Waals surface area contributed by atoms with E-state index in [2.05, 4.69) is 0 Å². The predicted molar refractivity (Wildman–Crippen MR) is 61.9 cm³/mol. The van der Waals surface area contributed by atoms with E-state index in [1.54, 1.807) is 0 Å². The smallest absolute Gasteiger partial charge is 0.253 e. The monoisotopic (exact) mass is 270 g/mol. The maximum atomic E-state index is 13.6. The molecule has 2 aromatic rings. The molecule has 0 fully saturated rings. The van der Waals surface area contributed by atoms with Gasteiger partial charge in [0.05, 0.1) is 0 Å². The molecule has 0 aromatic heterocycles. The fraction of sp³-hybridized carbons (Fsp3) is 0. The van der Waals surface area contributed by atoms with Crippen LogP contribution in [0.3, 0.4) is 0 Å². The van der Waals surface area contributed by atoms with Gasteiger partial charge >= 0.3 is 0 Å². The summed E-state index contributed by atoms with van der Waals surface area (Å²) in [5.41, 5.74) is -0.298. The third-order valence-corrected chi connectivity index (χ3v) is 2.64. The predicted octanol–water partition coefficient (Wildman–Crippen LogP) is 4.15. The van der Waals surface area contributed by atoms with Crippen molar-refractivity contribution < 1.29 is 18.0 Å². The van der Waals surface area contributed by atoms with E-state index in [1.807, 2.05) is 0 Å². The summed E-state index contributed by atoms with van der Waals surface area (Å²) >= 11 is 5.30. The maximum absolute atomic E-state index is 13.6. The molecule has 0 aliphatic heterocycles. The molecule has 0 radical (unpaired) electrons. The third kappa shape index (κ3) is 2.24. The normalized spacial score (nSPS) is 10.4. The first kappa shape index (κ1) is 12.6. The van der Waals surface area contributed by atoms with Gasteiger partial charge in [0.2, 0.25) is 0 Å². The van der Waals surface area contributed by atoms with Crippen molar-refractivity contribution in [3.05, 3.63) is 59.4 Å². The Morgan fingerprint density at radius 3 is 2.39 bits per heavy atom. The first-order valence-corrected chi connectivity index (χ1v) is 5.32. The second-order valence-corrected chi connectivity index (χ2v) is 3.91. The van der Waals surface area contributed by atoms with Crippen molar-refractivity contribution in [1.82, 2.24) is 0 Å². The molecule has 0 atom stereocenters. The van der Waals surface area contributed by atoms with E-state index in [0.29, 0.717) is 0 Å². The summed E-state index contributed by atoms with van der Waals surface area (Å²) in [6.45, 7) is 0. The zero-order chi connectivity index (χ0) is 13.3. The minimum Gasteiger partial charge on any atom is -0.276 e. The summed E-state index contributed by atoms with van der Waals surface area (Å²) in [6, 6.07) is 6.64. The summed E-state index contributed by atoms with van der Waals surface area (Å²) in [5, 5.41) is -0.937. The van der Waals surface area contributed by atoms with Gasteiger partial charge in [-0.2, -0.15) is 0 Å². The van der Waals surface area contributed by atoms with E-state index in [4.69, 9.17) is 11.6 Å². The van der Waals surface area contributed by atoms with Gasteiger partial charge in [0.1, 0.15) is 5.82 Å². The molecule has 2 aromatic carbocycles. The second kappa shape index (κ2) is 4.82. The van der Waals surface area contributed by atoms with Crippen molar-refractivity contribution >= 4 is 16.8 Å². The fourth-order valence-corrected chi connectivity index (χ4v) is 1.78. The van der Waals surface area contributed by atoms with Crippen molar-refractivity contribution in [3.63, 3.8) is 0 Å². The topological polar surface area (TPSA) is 17.1 Å². The molecular weight excluding hydrogens is 265 g/mol. The van der Waals surface area contributed by atoms with Crippen LogP contribution in [0.4, 0.5) is 13.2 Å². The van der Waals surface area contributed by atoms with Crippen LogP contribution < -0.4 is 0 Å². The summed E-state index contributed by atoms with van der Waals surface area (Å²) in [5.74, 6) is -2.84. The average molecular weight is 271 g/mol. The molecule has 0 spiro atoms. The van der Waals surface area contributed by atoms with Gasteiger partial charge in [-0.15, -0.1) is 0 Å². The molecule has 1 nitrogen and oxygen atoms in total. The zero-order valence-electron chi connectivity index (χ0n) is 8.88. The van der Waals surface area contributed by atoms with Crippen LogP contribution in [-0.4, -0.2) is 5.24 Å². The lowest BCUT2D eigenvalue weighted by Gasteiger charge is -2.08. The lowest BCUT2D eigenvalue weighted by Crippen LogP contribution is -1.98. The summed E-state index contributed by atoms with van der Waals surface area (Å²) < 4.78 is 39.7. The summed E-state index contributed by atoms with van der Waals surface area (Å²) in [4.78, 5) is 11.2. The quantitative estimate of drug-likeness (QED) is 0.749. The van der Waals surface area contributed by atoms with Crippen LogP contribution in [0.1, 0.15) is 10.4 Å². The minimum absolute atomic E-state index is 0.0494. The zero-order valence-corrected chi connectivity index (χ0v) is 9.64. The molecule has 0 saturated heterocycles. The Balaban J connectivity index is 2.71. The maximum Gasteiger partial charge on any atom is 0.253 e. The van der Waals surface area contributed by atoms with Crippen LogP contribution in [0.5, 0.6) is 0 Å². The highest BCUT2D eigenvalue weighted by Gasteiger charge is 2.16. The molecule has 0 aliphatic carbocycles. The van der Waals surface area contributed by atoms with Crippen molar-refractivity contribution in [2.24, 2.45) is 0 Å². The van der Waals surface area contributed by atoms with E-state index >= 15 is 0 Å². The fourth-order valence-electron chi connectivity index (χ4n) is 1.63. The number of benzene rings is 2. The van der Waals surface area contributed by atoms with Gasteiger partial charge in [-0.25, -0.2) is 13.2 Å². The van der Waals surface area contributed by atoms with Crippen LogP contribution in [0.25, 0.3) is 11.1 Å². The van der Waals surface area contributed by atoms with E-state index in [9.17, 15) is 18.0 Å². The largest absolute Gasteiger partial charge is 0.276 e. The molecule has 0 unspecified atom stereocenters. The Kier molecular flexibility index (Phi) is 3.39. The van der Waals surface area contributed by atoms with Crippen LogP contribution in [0.15, 0.2) is 36.4 Å². The second-order valence-electron chi connectivity index (χ2n) is 3.56. The highest BCUT2D eigenvalue weighted by molar-refractivity contribution is 6.68. The Bertz CT molecular complexity index is 626. The summed E-state index contributed by atoms with van der Waals surface area (Å²) in [7, 11) is 0. The van der Waals surface area contributed by atoms with Gasteiger partial charge < -0.3 is 0 Å². The highest BCUT2D eigenvalue weighted by Crippen LogP contribution is 2.29. The number of halogens is 4. The Morgan fingerprint density at radius 2 is 1.72 bits per heavy atom. The minimum atomic E-state index is -1.11. The van der Waals surface area contributed by atoms with E-state index < -0.39 is 22.7 Å². The molecule has 2 rings (SSSR count). The molecule has 0 amide bonds. The Morgan fingerprint density at radius 1 is 1.00 bits per heavy atom. The van der Waals surface area contributed by atoms with Crippen molar-refractivity contribution in [3.8, 4) is 11.1 Å². The van der Waals surface area contributed by atoms with Crippen molar-refractivity contribution in [2.75, 3.05) is 0 Å². The average Bonchev–Trinajstić information content (AvgIpc) is 2.33. The van der Waals surface area contributed by atoms with Gasteiger partial charge in [0.15, 0.2) is 11.6 Å². The van der Waals surface area contributed by atoms with Crippen molar-refractivity contribution in [2.45, 2.75) is 0 Å². The molecular formula is C13H6ClF3O. The lowest BCUT2D eigenvalue weighted by atomic mass is 9.99. The first-order valence-electron chi connectivity index (χ1n) is 4.94. The molecule has 0 bridgehead atoms. The molecule has 18 heavy (non-hydrogen) atoms. The third-order valence-electron chi connectivity index (χ3n) is 2.44. The standard InChI is InChI=1S/C13H6ClF3O/c14-13(18)10-6-7(15)4-5-8(10)9-2-1-3-11(16)12(9)17/h1-6H. The van der Waals surface area contributed by atoms with Crippen LogP contribution >= 0.6 is 11.6 Å². The summed E-state index contributed by atoms with van der Waals surface area (Å²) in [6.07, 6.45) is 0. The number of rotatable bonds is 2. The molecule has 0 heterocycles. The molecule has 0 saturated carbocycles. The van der Waals surface area contributed by atoms with E-state index in [0.717, 1.165) is 18.2 Å². The van der Waals surface area contributed by atoms with E-state index in [-0.39, 0.29) is 16.7 Å². The number of hydrogen-bond acceptors (Lipinski definition) is 1. The molecule has 0 N–H and O–H groups in total. The molecule has 0 aliphatic rings. The number of hydrogen-bond donors (Lipinski definition) is 0. The van der Waals surface area contributed by atoms with Gasteiger partial charge in [-0.1, -0.05) is 18.2 Å². The lowest BCUT2D eigenvalue weighted by molar-refractivity contribution is 0.108. The van der Waals surface area contributed by atoms with Crippen LogP contribution in [-0.2, 0) is 0 Å². The van der Waals surface area contributed by atoms with Gasteiger partial charge in [0.25, 0.3) is 5.24 Å². The van der Waals surface area contributed by atoms with E-state index in [1.165, 1.54) is 18.2 Å². The van der Waals surface area contributed by atoms with Crippen LogP contribution in [0.2, 0.25) is 0 Å². The molecule has 5 heteroatoms. The van der Waals surface area contributed by atoms with Gasteiger partial charge in [-0.3, -0.25) is 4.79 Å². The van der Waals surface area contributed by atoms with Gasteiger partial charge in [-0.05, 0) is 35.4 Å². The number of carbonyl (C=O) groups is 1. The Hall–Kier alpha value is -1.81. The highest BCUT2D eigenvalue weighted by atomic mass is 35.5. The Labute approximate surface area is 106 Å². The van der Waals surface area contributed by atoms with Crippen LogP contribution in [0, 0.1) is 17.5 Å². The SMILES string of the molecule is O=C(Cl)c1cc(F)ccc1-c1cccc(F)c1F. The molecule has 92 valence electrons. The van der Waals surface area contributed by atoms with Crippen molar-refractivity contribution in [1.29, 1.82) is 0 Å². The number of carbonyl (C=O) groups excluding carboxylic acids is 1.